The van der Waals surface area contributed by atoms with Crippen LogP contribution in [0.5, 0.6) is 0 Å². The maximum Gasteiger partial charge on any atom is 0.306 e. The number of carbonyl (C=O) groups is 2. The molecule has 0 amide bonds. The maximum absolute atomic E-state index is 12.7. The van der Waals surface area contributed by atoms with Crippen LogP contribution in [0.2, 0.25) is 0 Å². The third kappa shape index (κ3) is 48.5. The van der Waals surface area contributed by atoms with Crippen LogP contribution in [0.4, 0.5) is 0 Å². The van der Waals surface area contributed by atoms with Gasteiger partial charge >= 0.3 is 11.9 Å². The van der Waals surface area contributed by atoms with Crippen molar-refractivity contribution in [2.45, 2.75) is 271 Å². The van der Waals surface area contributed by atoms with Gasteiger partial charge in [-0.1, -0.05) is 256 Å². The molecule has 0 rings (SSSR count). The Bertz CT molecular complexity index is 997. The zero-order chi connectivity index (χ0) is 43.5. The molecule has 60 heavy (non-hydrogen) atoms. The third-order valence-electron chi connectivity index (χ3n) is 11.4. The largest absolute Gasteiger partial charge is 0.462 e. The lowest BCUT2D eigenvalue weighted by Crippen LogP contribution is -2.30. The summed E-state index contributed by atoms with van der Waals surface area (Å²) in [5, 5.41) is 0. The minimum Gasteiger partial charge on any atom is -0.462 e. The van der Waals surface area contributed by atoms with Crippen molar-refractivity contribution in [3.05, 3.63) is 48.6 Å². The minimum atomic E-state index is -0.569. The summed E-state index contributed by atoms with van der Waals surface area (Å²) in [7, 11) is 0. The first-order valence-electron chi connectivity index (χ1n) is 26.2. The van der Waals surface area contributed by atoms with Crippen LogP contribution in [-0.4, -0.2) is 37.9 Å². The van der Waals surface area contributed by atoms with Crippen LogP contribution in [-0.2, 0) is 23.8 Å². The van der Waals surface area contributed by atoms with Gasteiger partial charge in [-0.2, -0.15) is 0 Å². The summed E-state index contributed by atoms with van der Waals surface area (Å²) in [6, 6.07) is 0. The molecule has 5 nitrogen and oxygen atoms in total. The van der Waals surface area contributed by atoms with Gasteiger partial charge < -0.3 is 14.2 Å². The Balaban J connectivity index is 4.29. The van der Waals surface area contributed by atoms with Gasteiger partial charge in [0.1, 0.15) is 6.61 Å². The van der Waals surface area contributed by atoms with Gasteiger partial charge in [0.15, 0.2) is 6.10 Å². The Morgan fingerprint density at radius 1 is 0.383 bits per heavy atom. The van der Waals surface area contributed by atoms with Crippen LogP contribution < -0.4 is 0 Å². The van der Waals surface area contributed by atoms with E-state index in [1.54, 1.807) is 0 Å². The average Bonchev–Trinajstić information content (AvgIpc) is 3.25. The maximum atomic E-state index is 12.7. The molecule has 5 heteroatoms. The fourth-order valence-electron chi connectivity index (χ4n) is 7.53. The van der Waals surface area contributed by atoms with Crippen LogP contribution in [0.1, 0.15) is 265 Å². The van der Waals surface area contributed by atoms with Crippen molar-refractivity contribution in [2.24, 2.45) is 0 Å². The highest BCUT2D eigenvalue weighted by atomic mass is 16.6. The number of ether oxygens (including phenoxy) is 3. The molecule has 0 aromatic rings. The first kappa shape index (κ1) is 57.9. The van der Waals surface area contributed by atoms with E-state index >= 15 is 0 Å². The van der Waals surface area contributed by atoms with E-state index in [1.165, 1.54) is 173 Å². The van der Waals surface area contributed by atoms with Gasteiger partial charge in [-0.3, -0.25) is 9.59 Å². The van der Waals surface area contributed by atoms with E-state index in [0.717, 1.165) is 51.4 Å². The molecule has 0 radical (unpaired) electrons. The molecule has 0 saturated heterocycles. The molecule has 0 heterocycles. The predicted octanol–water partition coefficient (Wildman–Crippen LogP) is 17.6. The minimum absolute atomic E-state index is 0.0617. The van der Waals surface area contributed by atoms with Crippen LogP contribution >= 0.6 is 0 Å². The highest BCUT2D eigenvalue weighted by Crippen LogP contribution is 2.16. The Morgan fingerprint density at radius 2 is 0.750 bits per heavy atom. The van der Waals surface area contributed by atoms with Crippen molar-refractivity contribution in [1.29, 1.82) is 0 Å². The molecule has 0 spiro atoms. The molecule has 0 aromatic heterocycles. The van der Waals surface area contributed by atoms with Gasteiger partial charge in [-0.05, 0) is 44.9 Å². The quantitative estimate of drug-likeness (QED) is 0.0347. The zero-order valence-corrected chi connectivity index (χ0v) is 40.2. The second kappa shape index (κ2) is 51.2. The van der Waals surface area contributed by atoms with Crippen molar-refractivity contribution in [3.8, 4) is 0 Å². The topological polar surface area (TPSA) is 61.8 Å². The average molecular weight is 841 g/mol. The van der Waals surface area contributed by atoms with Gasteiger partial charge in [0, 0.05) is 19.4 Å². The number of allylic oxidation sites excluding steroid dienone is 8. The lowest BCUT2D eigenvalue weighted by Gasteiger charge is -2.18. The number of esters is 2. The molecular formula is C55H100O5. The van der Waals surface area contributed by atoms with Crippen molar-refractivity contribution >= 4 is 11.9 Å². The standard InChI is InChI=1S/C55H100O5/c1-4-7-10-13-16-19-22-25-27-29-32-35-38-41-44-47-50-58-51-53(60-55(57)49-46-43-40-37-34-30-24-21-18-15-12-9-6-3)52-59-54(56)48-45-42-39-36-33-31-28-26-23-20-17-14-11-8-5-2/h9,12,18,21,30,34,40,43,53H,4-8,10-11,13-17,19-20,22-29,31-33,35-39,41-42,44-52H2,1-3H3/b12-9-,21-18-,34-30-,43-40-. The summed E-state index contributed by atoms with van der Waals surface area (Å²) in [6.45, 7) is 7.68. The molecule has 0 aliphatic carbocycles. The van der Waals surface area contributed by atoms with Gasteiger partial charge in [0.25, 0.3) is 0 Å². The Kier molecular flexibility index (Phi) is 49.4. The number of hydrogen-bond acceptors (Lipinski definition) is 5. The highest BCUT2D eigenvalue weighted by molar-refractivity contribution is 5.70. The zero-order valence-electron chi connectivity index (χ0n) is 40.2. The van der Waals surface area contributed by atoms with Crippen molar-refractivity contribution < 1.29 is 23.8 Å². The summed E-state index contributed by atoms with van der Waals surface area (Å²) in [4.78, 5) is 25.3. The summed E-state index contributed by atoms with van der Waals surface area (Å²) in [6.07, 6.45) is 62.8. The molecule has 0 saturated carbocycles. The Hall–Kier alpha value is -2.14. The molecule has 1 atom stereocenters. The smallest absolute Gasteiger partial charge is 0.306 e. The van der Waals surface area contributed by atoms with E-state index in [-0.39, 0.29) is 25.2 Å². The van der Waals surface area contributed by atoms with E-state index in [1.807, 2.05) is 6.08 Å². The van der Waals surface area contributed by atoms with Crippen LogP contribution in [0.3, 0.4) is 0 Å². The summed E-state index contributed by atoms with van der Waals surface area (Å²) in [5.41, 5.74) is 0. The van der Waals surface area contributed by atoms with Crippen molar-refractivity contribution in [2.75, 3.05) is 19.8 Å². The van der Waals surface area contributed by atoms with E-state index in [4.69, 9.17) is 14.2 Å². The molecule has 350 valence electrons. The first-order valence-corrected chi connectivity index (χ1v) is 26.2. The molecular weight excluding hydrogens is 741 g/mol. The van der Waals surface area contributed by atoms with E-state index in [0.29, 0.717) is 25.9 Å². The SMILES string of the molecule is CC/C=C\C/C=C\C/C=C\C/C=C\CCC(=O)OC(COCCCCCCCCCCCCCCCCCC)COC(=O)CCCCCCCCCCCCCCCCC. The molecule has 0 aliphatic rings. The predicted molar refractivity (Wildman–Crippen MR) is 261 cm³/mol. The first-order chi connectivity index (χ1) is 29.6. The van der Waals surface area contributed by atoms with Gasteiger partial charge in [0.05, 0.1) is 6.61 Å². The molecule has 0 fully saturated rings. The number of unbranched alkanes of at least 4 members (excludes halogenated alkanes) is 29. The second-order valence-corrected chi connectivity index (χ2v) is 17.4. The molecule has 1 unspecified atom stereocenters. The molecule has 0 aromatic carbocycles. The lowest BCUT2D eigenvalue weighted by molar-refractivity contribution is -0.162. The van der Waals surface area contributed by atoms with Gasteiger partial charge in [0.2, 0.25) is 0 Å². The van der Waals surface area contributed by atoms with Gasteiger partial charge in [-0.15, -0.1) is 0 Å². The van der Waals surface area contributed by atoms with Crippen LogP contribution in [0.25, 0.3) is 0 Å². The van der Waals surface area contributed by atoms with E-state index < -0.39 is 6.10 Å². The fourth-order valence-corrected chi connectivity index (χ4v) is 7.53. The third-order valence-corrected chi connectivity index (χ3v) is 11.4. The summed E-state index contributed by atoms with van der Waals surface area (Å²) in [5.74, 6) is -0.477. The summed E-state index contributed by atoms with van der Waals surface area (Å²) >= 11 is 0. The van der Waals surface area contributed by atoms with Crippen LogP contribution in [0.15, 0.2) is 48.6 Å². The van der Waals surface area contributed by atoms with E-state index in [9.17, 15) is 9.59 Å². The molecule has 0 bridgehead atoms. The van der Waals surface area contributed by atoms with Crippen molar-refractivity contribution in [3.63, 3.8) is 0 Å². The lowest BCUT2D eigenvalue weighted by atomic mass is 10.0. The number of rotatable bonds is 48. The Labute approximate surface area is 373 Å². The number of hydrogen-bond donors (Lipinski definition) is 0. The van der Waals surface area contributed by atoms with Gasteiger partial charge in [-0.25, -0.2) is 0 Å². The molecule has 0 aliphatic heterocycles. The van der Waals surface area contributed by atoms with Crippen molar-refractivity contribution in [1.82, 2.24) is 0 Å². The van der Waals surface area contributed by atoms with Crippen LogP contribution in [0, 0.1) is 0 Å². The summed E-state index contributed by atoms with van der Waals surface area (Å²) < 4.78 is 17.3. The normalized spacial score (nSPS) is 12.5. The molecule has 0 N–H and O–H groups in total. The fraction of sp³-hybridized carbons (Fsp3) is 0.818. The monoisotopic (exact) mass is 841 g/mol. The highest BCUT2D eigenvalue weighted by Gasteiger charge is 2.17. The second-order valence-electron chi connectivity index (χ2n) is 17.4. The Morgan fingerprint density at radius 3 is 1.17 bits per heavy atom. The number of carbonyl (C=O) groups excluding carboxylic acids is 2. The van der Waals surface area contributed by atoms with E-state index in [2.05, 4.69) is 63.3 Å².